The van der Waals surface area contributed by atoms with Crippen molar-refractivity contribution in [1.82, 2.24) is 5.32 Å². The van der Waals surface area contributed by atoms with Crippen LogP contribution < -0.4 is 14.8 Å². The molecule has 1 fully saturated rings. The summed E-state index contributed by atoms with van der Waals surface area (Å²) in [6.07, 6.45) is -0.649. The SMILES string of the molecule is CCNCCOc1ccc2c(c1)O[C@]1(c3ccc(Cl)cc3)[C@@H](c3ccccc3)C[C@H](O)[C@]21O. The molecule has 1 heterocycles. The Bertz CT molecular complexity index is 1120. The van der Waals surface area contributed by atoms with Crippen LogP contribution in [0.3, 0.4) is 0 Å². The van der Waals surface area contributed by atoms with E-state index in [0.717, 1.165) is 24.2 Å². The average molecular weight is 466 g/mol. The van der Waals surface area contributed by atoms with Crippen LogP contribution in [0.5, 0.6) is 11.5 Å². The van der Waals surface area contributed by atoms with Gasteiger partial charge in [-0.25, -0.2) is 0 Å². The summed E-state index contributed by atoms with van der Waals surface area (Å²) in [5.41, 5.74) is -0.493. The largest absolute Gasteiger partial charge is 0.492 e. The van der Waals surface area contributed by atoms with E-state index in [1.165, 1.54) is 0 Å². The summed E-state index contributed by atoms with van der Waals surface area (Å²) in [7, 11) is 0. The van der Waals surface area contributed by atoms with E-state index in [0.29, 0.717) is 35.1 Å². The van der Waals surface area contributed by atoms with Gasteiger partial charge in [-0.2, -0.15) is 0 Å². The number of hydrogen-bond donors (Lipinski definition) is 3. The van der Waals surface area contributed by atoms with Crippen LogP contribution in [-0.2, 0) is 11.2 Å². The number of hydrogen-bond acceptors (Lipinski definition) is 5. The van der Waals surface area contributed by atoms with Crippen LogP contribution in [0.4, 0.5) is 0 Å². The second-order valence-corrected chi connectivity index (χ2v) is 9.12. The Morgan fingerprint density at radius 3 is 2.58 bits per heavy atom. The molecule has 172 valence electrons. The first-order valence-electron chi connectivity index (χ1n) is 11.4. The van der Waals surface area contributed by atoms with Gasteiger partial charge in [0.2, 0.25) is 0 Å². The number of nitrogens with one attached hydrogen (secondary N) is 1. The Morgan fingerprint density at radius 1 is 1.09 bits per heavy atom. The van der Waals surface area contributed by atoms with Gasteiger partial charge in [-0.05, 0) is 48.4 Å². The van der Waals surface area contributed by atoms with E-state index >= 15 is 0 Å². The second-order valence-electron chi connectivity index (χ2n) is 8.69. The van der Waals surface area contributed by atoms with E-state index in [1.807, 2.05) is 67.6 Å². The number of fused-ring (bicyclic) bond motifs is 3. The molecule has 0 amide bonds. The monoisotopic (exact) mass is 465 g/mol. The Balaban J connectivity index is 1.62. The quantitative estimate of drug-likeness (QED) is 0.452. The average Bonchev–Trinajstić information content (AvgIpc) is 3.23. The molecule has 5 rings (SSSR count). The Hall–Kier alpha value is -2.57. The second kappa shape index (κ2) is 8.65. The smallest absolute Gasteiger partial charge is 0.176 e. The first kappa shape index (κ1) is 22.2. The molecule has 0 aromatic heterocycles. The predicted octanol–water partition coefficient (Wildman–Crippen LogP) is 4.35. The van der Waals surface area contributed by atoms with Crippen LogP contribution in [0.15, 0.2) is 72.8 Å². The molecule has 0 radical (unpaired) electrons. The van der Waals surface area contributed by atoms with Crippen LogP contribution in [0.25, 0.3) is 0 Å². The summed E-state index contributed by atoms with van der Waals surface area (Å²) < 4.78 is 12.6. The fourth-order valence-electron chi connectivity index (χ4n) is 5.42. The molecular formula is C27H28ClNO4. The highest BCUT2D eigenvalue weighted by Crippen LogP contribution is 2.66. The molecule has 3 aromatic rings. The third-order valence-electron chi connectivity index (χ3n) is 6.91. The van der Waals surface area contributed by atoms with Crippen molar-refractivity contribution in [2.75, 3.05) is 19.7 Å². The molecule has 3 N–H and O–H groups in total. The van der Waals surface area contributed by atoms with Gasteiger partial charge < -0.3 is 25.0 Å². The lowest BCUT2D eigenvalue weighted by Crippen LogP contribution is -2.51. The van der Waals surface area contributed by atoms with E-state index in [9.17, 15) is 10.2 Å². The molecule has 4 atom stereocenters. The van der Waals surface area contributed by atoms with Crippen LogP contribution >= 0.6 is 11.6 Å². The fraction of sp³-hybridized carbons (Fsp3) is 0.333. The standard InChI is InChI=1S/C27H28ClNO4/c1-2-29-14-15-32-21-12-13-22-24(16-21)33-27(19-8-10-20(28)11-9-19)23(17-25(30)26(22,27)31)18-6-4-3-5-7-18/h3-13,16,23,25,29-31H,2,14-15,17H2,1H3/t23-,25+,26-,27-/m1/s1. The van der Waals surface area contributed by atoms with E-state index < -0.39 is 17.3 Å². The highest BCUT2D eigenvalue weighted by molar-refractivity contribution is 6.30. The van der Waals surface area contributed by atoms with Gasteiger partial charge in [0.15, 0.2) is 11.2 Å². The summed E-state index contributed by atoms with van der Waals surface area (Å²) in [6, 6.07) is 22.7. The number of ether oxygens (including phenoxy) is 2. The van der Waals surface area contributed by atoms with E-state index in [2.05, 4.69) is 5.32 Å². The van der Waals surface area contributed by atoms with Crippen molar-refractivity contribution < 1.29 is 19.7 Å². The molecule has 0 spiro atoms. The zero-order valence-electron chi connectivity index (χ0n) is 18.5. The third-order valence-corrected chi connectivity index (χ3v) is 7.16. The summed E-state index contributed by atoms with van der Waals surface area (Å²) in [6.45, 7) is 4.19. The molecule has 0 saturated heterocycles. The first-order valence-corrected chi connectivity index (χ1v) is 11.8. The Kier molecular flexibility index (Phi) is 5.83. The molecule has 1 aliphatic heterocycles. The molecule has 33 heavy (non-hydrogen) atoms. The van der Waals surface area contributed by atoms with Gasteiger partial charge in [-0.1, -0.05) is 61.0 Å². The summed E-state index contributed by atoms with van der Waals surface area (Å²) in [5.74, 6) is 0.908. The minimum Gasteiger partial charge on any atom is -0.492 e. The van der Waals surface area contributed by atoms with Gasteiger partial charge in [-0.15, -0.1) is 0 Å². The van der Waals surface area contributed by atoms with Gasteiger partial charge in [0.05, 0.1) is 6.10 Å². The van der Waals surface area contributed by atoms with Crippen LogP contribution in [0.1, 0.15) is 36.0 Å². The summed E-state index contributed by atoms with van der Waals surface area (Å²) in [5, 5.41) is 27.4. The topological polar surface area (TPSA) is 71.0 Å². The highest BCUT2D eigenvalue weighted by atomic mass is 35.5. The van der Waals surface area contributed by atoms with Crippen molar-refractivity contribution in [3.63, 3.8) is 0 Å². The van der Waals surface area contributed by atoms with Gasteiger partial charge in [0, 0.05) is 29.1 Å². The lowest BCUT2D eigenvalue weighted by Gasteiger charge is -2.40. The Labute approximate surface area is 198 Å². The fourth-order valence-corrected chi connectivity index (χ4v) is 5.54. The van der Waals surface area contributed by atoms with E-state index in [4.69, 9.17) is 21.1 Å². The lowest BCUT2D eigenvalue weighted by molar-refractivity contribution is -0.149. The first-order chi connectivity index (χ1) is 16.0. The number of rotatable bonds is 7. The van der Waals surface area contributed by atoms with Crippen molar-refractivity contribution in [3.05, 3.63) is 94.5 Å². The van der Waals surface area contributed by atoms with Crippen molar-refractivity contribution >= 4 is 11.6 Å². The van der Waals surface area contributed by atoms with E-state index in [1.54, 1.807) is 12.1 Å². The van der Waals surface area contributed by atoms with Gasteiger partial charge >= 0.3 is 0 Å². The molecule has 5 nitrogen and oxygen atoms in total. The molecular weight excluding hydrogens is 438 g/mol. The number of benzene rings is 3. The molecule has 0 unspecified atom stereocenters. The molecule has 6 heteroatoms. The number of likely N-dealkylation sites (N-methyl/N-ethyl adjacent to an activating group) is 1. The minimum absolute atomic E-state index is 0.273. The maximum atomic E-state index is 12.2. The van der Waals surface area contributed by atoms with Crippen LogP contribution in [-0.4, -0.2) is 36.0 Å². The molecule has 1 aliphatic carbocycles. The zero-order valence-corrected chi connectivity index (χ0v) is 19.3. The summed E-state index contributed by atoms with van der Waals surface area (Å²) >= 11 is 6.18. The van der Waals surface area contributed by atoms with Crippen molar-refractivity contribution in [3.8, 4) is 11.5 Å². The van der Waals surface area contributed by atoms with Gasteiger partial charge in [-0.3, -0.25) is 0 Å². The van der Waals surface area contributed by atoms with Crippen molar-refractivity contribution in [1.29, 1.82) is 0 Å². The van der Waals surface area contributed by atoms with Gasteiger partial charge in [0.1, 0.15) is 18.1 Å². The van der Waals surface area contributed by atoms with Crippen molar-refractivity contribution in [2.24, 2.45) is 0 Å². The maximum Gasteiger partial charge on any atom is 0.176 e. The normalized spacial score (nSPS) is 27.6. The zero-order chi connectivity index (χ0) is 23.1. The number of aliphatic hydroxyl groups is 2. The van der Waals surface area contributed by atoms with Crippen molar-refractivity contribution in [2.45, 2.75) is 36.6 Å². The molecule has 2 aliphatic rings. The molecule has 1 saturated carbocycles. The van der Waals surface area contributed by atoms with E-state index in [-0.39, 0.29) is 5.92 Å². The Morgan fingerprint density at radius 2 is 1.85 bits per heavy atom. The van der Waals surface area contributed by atoms with Crippen LogP contribution in [0, 0.1) is 0 Å². The highest BCUT2D eigenvalue weighted by Gasteiger charge is 2.72. The predicted molar refractivity (Wildman–Crippen MR) is 128 cm³/mol. The maximum absolute atomic E-state index is 12.2. The van der Waals surface area contributed by atoms with Gasteiger partial charge in [0.25, 0.3) is 0 Å². The molecule has 3 aromatic carbocycles. The third kappa shape index (κ3) is 3.42. The minimum atomic E-state index is -1.63. The molecule has 0 bridgehead atoms. The number of halogens is 1. The van der Waals surface area contributed by atoms with Crippen LogP contribution in [0.2, 0.25) is 5.02 Å². The summed E-state index contributed by atoms with van der Waals surface area (Å²) in [4.78, 5) is 0. The number of aliphatic hydroxyl groups excluding tert-OH is 1. The lowest BCUT2D eigenvalue weighted by atomic mass is 9.71.